The van der Waals surface area contributed by atoms with E-state index in [1.807, 2.05) is 30.6 Å². The standard InChI is InChI=1S/C30H42N12/c1-7-37-21-31-41(9-3)29(37)35-33-25-11-13-27(23(5)19-25)39-15-17-40(18-16-39)28-14-12-26(20-24(28)6)34-36-30-38(8-2)22-32-42(30)10-4/h11-14,19-22H,7-10,15-18H2,1-6H3/q+2. The van der Waals surface area contributed by atoms with Crippen LogP contribution in [0.2, 0.25) is 0 Å². The number of aryl methyl sites for hydroxylation is 6. The van der Waals surface area contributed by atoms with Gasteiger partial charge in [0, 0.05) is 47.8 Å². The van der Waals surface area contributed by atoms with Gasteiger partial charge in [-0.2, -0.15) is 0 Å². The minimum Gasteiger partial charge on any atom is -0.368 e. The van der Waals surface area contributed by atoms with Crippen molar-refractivity contribution in [1.82, 2.24) is 19.6 Å². The molecule has 2 aromatic heterocycles. The van der Waals surface area contributed by atoms with Crippen molar-refractivity contribution in [3.05, 3.63) is 60.2 Å². The van der Waals surface area contributed by atoms with Crippen LogP contribution in [0.3, 0.4) is 0 Å². The SMILES string of the molecule is CCn1nc[n+](CC)c1/N=N/c1ccc(N2CCN(c3ccc(/N=N/c4n(CC)nc[n+]4CC)cc3C)CC2)c(C)c1. The number of hydrogen-bond donors (Lipinski definition) is 0. The molecule has 0 aliphatic carbocycles. The number of nitrogens with zero attached hydrogens (tertiary/aromatic N) is 12. The van der Waals surface area contributed by atoms with Crippen LogP contribution in [0.4, 0.5) is 34.6 Å². The van der Waals surface area contributed by atoms with Crippen molar-refractivity contribution >= 4 is 34.6 Å². The van der Waals surface area contributed by atoms with Gasteiger partial charge < -0.3 is 9.80 Å². The molecule has 12 heteroatoms. The minimum atomic E-state index is 0.755. The van der Waals surface area contributed by atoms with Crippen molar-refractivity contribution in [3.8, 4) is 0 Å². The van der Waals surface area contributed by atoms with Gasteiger partial charge in [-0.15, -0.1) is 9.36 Å². The zero-order valence-electron chi connectivity index (χ0n) is 25.6. The molecule has 3 heterocycles. The van der Waals surface area contributed by atoms with Gasteiger partial charge in [-0.05, 0) is 99.3 Å². The Kier molecular flexibility index (Phi) is 8.99. The second-order valence-electron chi connectivity index (χ2n) is 10.4. The molecule has 0 spiro atoms. The first-order valence-corrected chi connectivity index (χ1v) is 14.9. The fourth-order valence-corrected chi connectivity index (χ4v) is 5.37. The van der Waals surface area contributed by atoms with Gasteiger partial charge in [0.15, 0.2) is 0 Å². The van der Waals surface area contributed by atoms with E-state index in [0.29, 0.717) is 0 Å². The molecule has 1 aliphatic heterocycles. The first-order chi connectivity index (χ1) is 20.4. The highest BCUT2D eigenvalue weighted by Gasteiger charge is 2.21. The molecule has 1 aliphatic rings. The fraction of sp³-hybridized carbons (Fsp3) is 0.467. The van der Waals surface area contributed by atoms with Crippen molar-refractivity contribution in [1.29, 1.82) is 0 Å². The van der Waals surface area contributed by atoms with E-state index in [4.69, 9.17) is 0 Å². The van der Waals surface area contributed by atoms with Gasteiger partial charge in [0.25, 0.3) is 0 Å². The van der Waals surface area contributed by atoms with Crippen LogP contribution in [0.25, 0.3) is 0 Å². The smallest absolute Gasteiger partial charge is 0.368 e. The van der Waals surface area contributed by atoms with E-state index in [0.717, 1.165) is 75.6 Å². The molecule has 0 atom stereocenters. The molecule has 4 aromatic rings. The van der Waals surface area contributed by atoms with E-state index in [-0.39, 0.29) is 0 Å². The zero-order valence-corrected chi connectivity index (χ0v) is 25.6. The maximum absolute atomic E-state index is 4.52. The number of piperazine rings is 1. The molecular formula is C30H42N12+2. The summed E-state index contributed by atoms with van der Waals surface area (Å²) in [4.78, 5) is 4.92. The molecule has 0 N–H and O–H groups in total. The summed E-state index contributed by atoms with van der Waals surface area (Å²) >= 11 is 0. The molecule has 0 saturated carbocycles. The Morgan fingerprint density at radius 3 is 1.36 bits per heavy atom. The Bertz CT molecular complexity index is 1410. The molecule has 2 aromatic carbocycles. The van der Waals surface area contributed by atoms with E-state index in [1.165, 1.54) is 22.5 Å². The summed E-state index contributed by atoms with van der Waals surface area (Å²) in [6, 6.07) is 12.7. The summed E-state index contributed by atoms with van der Waals surface area (Å²) in [6.07, 6.45) is 3.61. The molecule has 220 valence electrons. The predicted molar refractivity (Wildman–Crippen MR) is 163 cm³/mol. The average Bonchev–Trinajstić information content (AvgIpc) is 3.61. The number of rotatable bonds is 10. The largest absolute Gasteiger partial charge is 0.403 e. The minimum absolute atomic E-state index is 0.755. The van der Waals surface area contributed by atoms with Gasteiger partial charge in [-0.25, -0.2) is 9.13 Å². The van der Waals surface area contributed by atoms with Crippen molar-refractivity contribution in [2.75, 3.05) is 36.0 Å². The Labute approximate surface area is 247 Å². The van der Waals surface area contributed by atoms with Gasteiger partial charge in [0.05, 0.1) is 37.6 Å². The molecule has 0 bridgehead atoms. The maximum Gasteiger partial charge on any atom is 0.403 e. The van der Waals surface area contributed by atoms with Crippen LogP contribution in [-0.4, -0.2) is 45.7 Å². The first kappa shape index (κ1) is 29.0. The number of azo groups is 2. The van der Waals surface area contributed by atoms with Crippen LogP contribution in [0.15, 0.2) is 69.5 Å². The van der Waals surface area contributed by atoms with Crippen LogP contribution >= 0.6 is 0 Å². The Hall–Kier alpha value is -4.48. The van der Waals surface area contributed by atoms with E-state index < -0.39 is 0 Å². The average molecular weight is 571 g/mol. The highest BCUT2D eigenvalue weighted by molar-refractivity contribution is 5.62. The first-order valence-electron chi connectivity index (χ1n) is 14.9. The van der Waals surface area contributed by atoms with Crippen molar-refractivity contribution < 1.29 is 9.13 Å². The number of benzene rings is 2. The fourth-order valence-electron chi connectivity index (χ4n) is 5.37. The summed E-state index contributed by atoms with van der Waals surface area (Å²) < 4.78 is 7.71. The summed E-state index contributed by atoms with van der Waals surface area (Å²) in [5, 5.41) is 26.8. The maximum atomic E-state index is 4.52. The molecule has 1 saturated heterocycles. The van der Waals surface area contributed by atoms with Gasteiger partial charge in [0.2, 0.25) is 12.7 Å². The number of aromatic nitrogens is 6. The molecule has 1 fully saturated rings. The Morgan fingerprint density at radius 1 is 0.619 bits per heavy atom. The lowest BCUT2D eigenvalue weighted by Crippen LogP contribution is -2.47. The molecule has 0 unspecified atom stereocenters. The highest BCUT2D eigenvalue weighted by Crippen LogP contribution is 2.30. The Morgan fingerprint density at radius 2 is 1.02 bits per heavy atom. The Balaban J connectivity index is 1.22. The van der Waals surface area contributed by atoms with Gasteiger partial charge in [0.1, 0.15) is 0 Å². The number of anilines is 2. The summed E-state index contributed by atoms with van der Waals surface area (Å²) in [6.45, 7) is 19.5. The van der Waals surface area contributed by atoms with Crippen LogP contribution in [0.5, 0.6) is 0 Å². The van der Waals surface area contributed by atoms with E-state index in [9.17, 15) is 0 Å². The van der Waals surface area contributed by atoms with Gasteiger partial charge in [-0.1, -0.05) is 10.2 Å². The summed E-state index contributed by atoms with van der Waals surface area (Å²) in [5.41, 5.74) is 6.59. The highest BCUT2D eigenvalue weighted by atomic mass is 15.4. The molecule has 42 heavy (non-hydrogen) atoms. The third kappa shape index (κ3) is 6.07. The van der Waals surface area contributed by atoms with Crippen molar-refractivity contribution in [2.45, 2.75) is 67.7 Å². The van der Waals surface area contributed by atoms with E-state index >= 15 is 0 Å². The summed E-state index contributed by atoms with van der Waals surface area (Å²) in [7, 11) is 0. The topological polar surface area (TPSA) is 99.3 Å². The predicted octanol–water partition coefficient (Wildman–Crippen LogP) is 5.51. The van der Waals surface area contributed by atoms with Gasteiger partial charge >= 0.3 is 11.9 Å². The van der Waals surface area contributed by atoms with E-state index in [1.54, 1.807) is 12.7 Å². The molecule has 0 radical (unpaired) electrons. The van der Waals surface area contributed by atoms with Crippen molar-refractivity contribution in [2.24, 2.45) is 20.5 Å². The van der Waals surface area contributed by atoms with Crippen LogP contribution in [-0.2, 0) is 26.2 Å². The lowest BCUT2D eigenvalue weighted by atomic mass is 10.1. The molecule has 0 amide bonds. The number of hydrogen-bond acceptors (Lipinski definition) is 8. The quantitative estimate of drug-likeness (QED) is 0.185. The second kappa shape index (κ2) is 13.0. The van der Waals surface area contributed by atoms with Gasteiger partial charge in [-0.3, -0.25) is 0 Å². The normalized spacial score (nSPS) is 14.1. The van der Waals surface area contributed by atoms with Crippen molar-refractivity contribution in [3.63, 3.8) is 0 Å². The van der Waals surface area contributed by atoms with Crippen LogP contribution in [0.1, 0.15) is 38.8 Å². The molecule has 12 nitrogen and oxygen atoms in total. The summed E-state index contributed by atoms with van der Waals surface area (Å²) in [5.74, 6) is 1.52. The third-order valence-corrected chi connectivity index (χ3v) is 7.75. The van der Waals surface area contributed by atoms with Crippen LogP contribution in [0, 0.1) is 13.8 Å². The third-order valence-electron chi connectivity index (χ3n) is 7.75. The second-order valence-corrected chi connectivity index (χ2v) is 10.4. The van der Waals surface area contributed by atoms with Crippen LogP contribution < -0.4 is 18.9 Å². The molecular weight excluding hydrogens is 528 g/mol. The lowest BCUT2D eigenvalue weighted by Gasteiger charge is -2.38. The molecule has 5 rings (SSSR count). The lowest BCUT2D eigenvalue weighted by molar-refractivity contribution is -0.681. The van der Waals surface area contributed by atoms with E-state index in [2.05, 4.69) is 106 Å². The zero-order chi connectivity index (χ0) is 29.6. The monoisotopic (exact) mass is 570 g/mol.